The van der Waals surface area contributed by atoms with Crippen LogP contribution in [0.4, 0.5) is 4.79 Å². The number of ether oxygens (including phenoxy) is 2. The third-order valence-electron chi connectivity index (χ3n) is 2.56. The van der Waals surface area contributed by atoms with Crippen molar-refractivity contribution in [3.8, 4) is 0 Å². The van der Waals surface area contributed by atoms with Gasteiger partial charge in [0.25, 0.3) is 0 Å². The molecule has 0 bridgehead atoms. The molecule has 0 radical (unpaired) electrons. The van der Waals surface area contributed by atoms with Crippen LogP contribution in [0.5, 0.6) is 0 Å². The Labute approximate surface area is 95.0 Å². The van der Waals surface area contributed by atoms with Gasteiger partial charge in [0.15, 0.2) is 0 Å². The summed E-state index contributed by atoms with van der Waals surface area (Å²) in [6.07, 6.45) is 2.44. The van der Waals surface area contributed by atoms with Crippen LogP contribution in [-0.4, -0.2) is 42.8 Å². The van der Waals surface area contributed by atoms with Gasteiger partial charge in [0.2, 0.25) is 0 Å². The van der Waals surface area contributed by atoms with Crippen molar-refractivity contribution in [3.63, 3.8) is 0 Å². The van der Waals surface area contributed by atoms with Gasteiger partial charge < -0.3 is 14.4 Å². The van der Waals surface area contributed by atoms with Crippen LogP contribution in [0.1, 0.15) is 19.8 Å². The maximum Gasteiger partial charge on any atom is 0.409 e. The van der Waals surface area contributed by atoms with Crippen LogP contribution in [-0.2, 0) is 14.3 Å². The number of hydrogen-bond acceptors (Lipinski definition) is 4. The van der Waals surface area contributed by atoms with E-state index in [1.807, 2.05) is 0 Å². The Hall–Kier alpha value is -1.52. The average molecular weight is 227 g/mol. The van der Waals surface area contributed by atoms with E-state index in [1.165, 1.54) is 14.0 Å². The Morgan fingerprint density at radius 2 is 2.25 bits per heavy atom. The molecule has 0 aromatic rings. The number of hydrogen-bond donors (Lipinski definition) is 0. The minimum Gasteiger partial charge on any atom is -0.461 e. The molecule has 16 heavy (non-hydrogen) atoms. The summed E-state index contributed by atoms with van der Waals surface area (Å²) in [6.45, 7) is 5.40. The van der Waals surface area contributed by atoms with Gasteiger partial charge in [-0.05, 0) is 6.42 Å². The molecular weight excluding hydrogens is 210 g/mol. The zero-order chi connectivity index (χ0) is 12.1. The maximum atomic E-state index is 11.5. The second-order valence-electron chi connectivity index (χ2n) is 3.77. The second kappa shape index (κ2) is 5.53. The van der Waals surface area contributed by atoms with E-state index in [-0.39, 0.29) is 24.2 Å². The molecule has 0 aliphatic carbocycles. The molecule has 1 rings (SSSR count). The SMILES string of the molecule is C=CC[C@H]1C[C@@H](OC(C)=O)CN1C(=O)OC. The van der Waals surface area contributed by atoms with Gasteiger partial charge in [-0.15, -0.1) is 6.58 Å². The fraction of sp³-hybridized carbons (Fsp3) is 0.636. The lowest BCUT2D eigenvalue weighted by Crippen LogP contribution is -2.35. The maximum absolute atomic E-state index is 11.5. The highest BCUT2D eigenvalue weighted by Crippen LogP contribution is 2.23. The molecule has 5 nitrogen and oxygen atoms in total. The molecule has 1 heterocycles. The molecule has 0 N–H and O–H groups in total. The van der Waals surface area contributed by atoms with Crippen LogP contribution >= 0.6 is 0 Å². The summed E-state index contributed by atoms with van der Waals surface area (Å²) in [5.74, 6) is -0.325. The molecule has 5 heteroatoms. The van der Waals surface area contributed by atoms with Gasteiger partial charge in [0.05, 0.1) is 13.7 Å². The molecule has 1 fully saturated rings. The minimum absolute atomic E-state index is 0.00861. The van der Waals surface area contributed by atoms with E-state index in [1.54, 1.807) is 11.0 Å². The summed E-state index contributed by atoms with van der Waals surface area (Å²) in [5, 5.41) is 0. The van der Waals surface area contributed by atoms with Gasteiger partial charge in [-0.25, -0.2) is 4.79 Å². The number of esters is 1. The monoisotopic (exact) mass is 227 g/mol. The first-order valence-electron chi connectivity index (χ1n) is 5.21. The predicted molar refractivity (Wildman–Crippen MR) is 57.9 cm³/mol. The normalized spacial score (nSPS) is 24.0. The van der Waals surface area contributed by atoms with Gasteiger partial charge in [-0.2, -0.15) is 0 Å². The van der Waals surface area contributed by atoms with Crippen molar-refractivity contribution in [3.05, 3.63) is 12.7 Å². The summed E-state index contributed by atoms with van der Waals surface area (Å²) in [4.78, 5) is 23.9. The third kappa shape index (κ3) is 2.98. The summed E-state index contributed by atoms with van der Waals surface area (Å²) < 4.78 is 9.77. The lowest BCUT2D eigenvalue weighted by molar-refractivity contribution is -0.145. The second-order valence-corrected chi connectivity index (χ2v) is 3.77. The van der Waals surface area contributed by atoms with Gasteiger partial charge in [0, 0.05) is 19.4 Å². The van der Waals surface area contributed by atoms with Crippen LogP contribution in [0.3, 0.4) is 0 Å². The number of methoxy groups -OCH3 is 1. The van der Waals surface area contributed by atoms with Crippen LogP contribution in [0, 0.1) is 0 Å². The van der Waals surface area contributed by atoms with Crippen molar-refractivity contribution in [2.75, 3.05) is 13.7 Å². The van der Waals surface area contributed by atoms with E-state index >= 15 is 0 Å². The smallest absolute Gasteiger partial charge is 0.409 e. The number of nitrogens with zero attached hydrogens (tertiary/aromatic N) is 1. The summed E-state index contributed by atoms with van der Waals surface area (Å²) >= 11 is 0. The topological polar surface area (TPSA) is 55.8 Å². The minimum atomic E-state index is -0.387. The average Bonchev–Trinajstić information content (AvgIpc) is 2.59. The van der Waals surface area contributed by atoms with E-state index in [4.69, 9.17) is 4.74 Å². The van der Waals surface area contributed by atoms with Gasteiger partial charge in [0.1, 0.15) is 6.10 Å². The molecule has 1 saturated heterocycles. The number of likely N-dealkylation sites (tertiary alicyclic amines) is 1. The van der Waals surface area contributed by atoms with Crippen molar-refractivity contribution in [1.82, 2.24) is 4.90 Å². The van der Waals surface area contributed by atoms with Crippen molar-refractivity contribution in [1.29, 1.82) is 0 Å². The van der Waals surface area contributed by atoms with E-state index in [0.717, 1.165) is 0 Å². The Kier molecular flexibility index (Phi) is 4.34. The Morgan fingerprint density at radius 1 is 1.56 bits per heavy atom. The lowest BCUT2D eigenvalue weighted by atomic mass is 10.1. The van der Waals surface area contributed by atoms with Crippen molar-refractivity contribution >= 4 is 12.1 Å². The van der Waals surface area contributed by atoms with Crippen LogP contribution in [0.15, 0.2) is 12.7 Å². The van der Waals surface area contributed by atoms with E-state index < -0.39 is 0 Å². The van der Waals surface area contributed by atoms with Crippen molar-refractivity contribution < 1.29 is 19.1 Å². The molecule has 0 unspecified atom stereocenters. The molecule has 2 atom stereocenters. The van der Waals surface area contributed by atoms with Crippen LogP contribution in [0.25, 0.3) is 0 Å². The molecular formula is C11H17NO4. The fourth-order valence-electron chi connectivity index (χ4n) is 1.95. The Balaban J connectivity index is 2.63. The number of carbonyl (C=O) groups is 2. The lowest BCUT2D eigenvalue weighted by Gasteiger charge is -2.21. The van der Waals surface area contributed by atoms with E-state index in [2.05, 4.69) is 11.3 Å². The third-order valence-corrected chi connectivity index (χ3v) is 2.56. The molecule has 0 aromatic carbocycles. The highest BCUT2D eigenvalue weighted by molar-refractivity contribution is 5.69. The fourth-order valence-corrected chi connectivity index (χ4v) is 1.95. The van der Waals surface area contributed by atoms with Gasteiger partial charge in [-0.3, -0.25) is 4.79 Å². The first-order valence-corrected chi connectivity index (χ1v) is 5.21. The van der Waals surface area contributed by atoms with Crippen molar-refractivity contribution in [2.24, 2.45) is 0 Å². The standard InChI is InChI=1S/C11H17NO4/c1-4-5-9-6-10(16-8(2)13)7-12(9)11(14)15-3/h4,9-10H,1,5-7H2,2-3H3/t9-,10+/m0/s1. The molecule has 1 amide bonds. The van der Waals surface area contributed by atoms with Crippen LogP contribution in [0.2, 0.25) is 0 Å². The number of rotatable bonds is 3. The molecule has 90 valence electrons. The number of amides is 1. The van der Waals surface area contributed by atoms with Gasteiger partial charge >= 0.3 is 12.1 Å². The largest absolute Gasteiger partial charge is 0.461 e. The number of carbonyl (C=O) groups excluding carboxylic acids is 2. The zero-order valence-electron chi connectivity index (χ0n) is 9.64. The Morgan fingerprint density at radius 3 is 2.75 bits per heavy atom. The molecule has 0 aromatic heterocycles. The summed E-state index contributed by atoms with van der Waals surface area (Å²) in [5.41, 5.74) is 0. The van der Waals surface area contributed by atoms with E-state index in [0.29, 0.717) is 19.4 Å². The molecule has 0 saturated carbocycles. The van der Waals surface area contributed by atoms with Gasteiger partial charge in [-0.1, -0.05) is 6.08 Å². The molecule has 0 spiro atoms. The summed E-state index contributed by atoms with van der Waals surface area (Å²) in [7, 11) is 1.34. The first-order chi connectivity index (χ1) is 7.58. The highest BCUT2D eigenvalue weighted by Gasteiger charge is 2.36. The molecule has 1 aliphatic rings. The van der Waals surface area contributed by atoms with E-state index in [9.17, 15) is 9.59 Å². The highest BCUT2D eigenvalue weighted by atomic mass is 16.6. The predicted octanol–water partition coefficient (Wildman–Crippen LogP) is 1.33. The molecule has 1 aliphatic heterocycles. The Bertz CT molecular complexity index is 290. The van der Waals surface area contributed by atoms with Crippen molar-refractivity contribution in [2.45, 2.75) is 31.9 Å². The quantitative estimate of drug-likeness (QED) is 0.539. The summed E-state index contributed by atoms with van der Waals surface area (Å²) in [6, 6.07) is 0.00861. The first kappa shape index (κ1) is 12.5. The van der Waals surface area contributed by atoms with Crippen LogP contribution < -0.4 is 0 Å². The zero-order valence-corrected chi connectivity index (χ0v) is 9.64.